The Labute approximate surface area is 159 Å². The first-order valence-electron chi connectivity index (χ1n) is 10.7. The van der Waals surface area contributed by atoms with E-state index >= 15 is 0 Å². The quantitative estimate of drug-likeness (QED) is 0.740. The molecule has 7 rings (SSSR count). The van der Waals surface area contributed by atoms with Crippen molar-refractivity contribution in [3.8, 4) is 0 Å². The van der Waals surface area contributed by atoms with E-state index in [-0.39, 0.29) is 5.82 Å². The van der Waals surface area contributed by atoms with Crippen LogP contribution in [0, 0.1) is 29.5 Å². The molecule has 0 unspecified atom stereocenters. The van der Waals surface area contributed by atoms with Crippen LogP contribution in [-0.2, 0) is 14.5 Å². The van der Waals surface area contributed by atoms with E-state index in [9.17, 15) is 4.39 Å². The number of anilines is 1. The number of rotatable bonds is 2. The topological polar surface area (TPSA) is 39.7 Å². The molecule has 146 valence electrons. The average Bonchev–Trinajstić information content (AvgIpc) is 3.04. The van der Waals surface area contributed by atoms with Gasteiger partial charge in [0.2, 0.25) is 11.6 Å². The molecule has 5 aliphatic carbocycles. The van der Waals surface area contributed by atoms with Gasteiger partial charge in [0.05, 0.1) is 0 Å². The van der Waals surface area contributed by atoms with E-state index in [1.54, 1.807) is 12.1 Å². The van der Waals surface area contributed by atoms with Crippen molar-refractivity contribution in [1.82, 2.24) is 0 Å². The SMILES string of the molecule is Fc1ccc(NC2CCC3(CC2)OOC2(O3)C3CC4CC(C3)CC2C4)cc1. The molecule has 27 heavy (non-hydrogen) atoms. The molecule has 0 amide bonds. The van der Waals surface area contributed by atoms with Gasteiger partial charge in [0.15, 0.2) is 0 Å². The van der Waals surface area contributed by atoms with Gasteiger partial charge in [-0.15, -0.1) is 0 Å². The van der Waals surface area contributed by atoms with Gasteiger partial charge in [-0.05, 0) is 81.0 Å². The van der Waals surface area contributed by atoms with Gasteiger partial charge in [0.25, 0.3) is 0 Å². The lowest BCUT2D eigenvalue weighted by Gasteiger charge is -2.57. The van der Waals surface area contributed by atoms with Crippen molar-refractivity contribution in [3.63, 3.8) is 0 Å². The molecule has 5 heteroatoms. The summed E-state index contributed by atoms with van der Waals surface area (Å²) in [5, 5.41) is 3.52. The summed E-state index contributed by atoms with van der Waals surface area (Å²) in [5.41, 5.74) is 0.972. The molecule has 5 saturated carbocycles. The second kappa shape index (κ2) is 5.91. The van der Waals surface area contributed by atoms with Gasteiger partial charge in [0.1, 0.15) is 5.82 Å². The Hall–Kier alpha value is -1.17. The Balaban J connectivity index is 1.12. The highest BCUT2D eigenvalue weighted by Crippen LogP contribution is 2.63. The third-order valence-electron chi connectivity index (χ3n) is 7.91. The Bertz CT molecular complexity index is 685. The summed E-state index contributed by atoms with van der Waals surface area (Å²) in [7, 11) is 0. The van der Waals surface area contributed by atoms with Crippen LogP contribution >= 0.6 is 0 Å². The second-order valence-corrected chi connectivity index (χ2v) is 9.63. The molecule has 6 aliphatic rings. The van der Waals surface area contributed by atoms with Gasteiger partial charge in [0, 0.05) is 36.4 Å². The Morgan fingerprint density at radius 1 is 0.852 bits per heavy atom. The minimum absolute atomic E-state index is 0.200. The molecule has 6 fully saturated rings. The van der Waals surface area contributed by atoms with Crippen LogP contribution in [0.4, 0.5) is 10.1 Å². The lowest BCUT2D eigenvalue weighted by atomic mass is 9.53. The van der Waals surface area contributed by atoms with Crippen molar-refractivity contribution in [1.29, 1.82) is 0 Å². The number of benzene rings is 1. The van der Waals surface area contributed by atoms with Crippen LogP contribution in [-0.4, -0.2) is 17.6 Å². The van der Waals surface area contributed by atoms with Crippen LogP contribution in [0.15, 0.2) is 24.3 Å². The van der Waals surface area contributed by atoms with E-state index in [1.807, 2.05) is 0 Å². The van der Waals surface area contributed by atoms with Crippen molar-refractivity contribution in [2.75, 3.05) is 5.32 Å². The van der Waals surface area contributed by atoms with E-state index < -0.39 is 11.6 Å². The monoisotopic (exact) mass is 373 g/mol. The van der Waals surface area contributed by atoms with Gasteiger partial charge in [-0.1, -0.05) is 0 Å². The largest absolute Gasteiger partial charge is 0.382 e. The number of halogens is 1. The third kappa shape index (κ3) is 2.65. The van der Waals surface area contributed by atoms with Crippen molar-refractivity contribution in [3.05, 3.63) is 30.1 Å². The fraction of sp³-hybridized carbons (Fsp3) is 0.727. The summed E-state index contributed by atoms with van der Waals surface area (Å²) >= 11 is 0. The summed E-state index contributed by atoms with van der Waals surface area (Å²) < 4.78 is 19.8. The molecular weight excluding hydrogens is 345 g/mol. The molecule has 1 aromatic carbocycles. The summed E-state index contributed by atoms with van der Waals surface area (Å²) in [6.45, 7) is 0. The van der Waals surface area contributed by atoms with E-state index in [0.29, 0.717) is 17.9 Å². The summed E-state index contributed by atoms with van der Waals surface area (Å²) in [6, 6.07) is 6.96. The van der Waals surface area contributed by atoms with Gasteiger partial charge < -0.3 is 10.1 Å². The molecule has 1 N–H and O–H groups in total. The third-order valence-corrected chi connectivity index (χ3v) is 7.91. The lowest BCUT2D eigenvalue weighted by molar-refractivity contribution is -0.390. The van der Waals surface area contributed by atoms with Gasteiger partial charge in [-0.25, -0.2) is 4.39 Å². The van der Waals surface area contributed by atoms with Crippen LogP contribution in [0.1, 0.15) is 57.8 Å². The summed E-state index contributed by atoms with van der Waals surface area (Å²) in [4.78, 5) is 12.1. The maximum atomic E-state index is 13.1. The van der Waals surface area contributed by atoms with Gasteiger partial charge in [-0.3, -0.25) is 0 Å². The first-order chi connectivity index (χ1) is 13.1. The predicted molar refractivity (Wildman–Crippen MR) is 98.0 cm³/mol. The molecule has 1 heterocycles. The molecule has 0 radical (unpaired) electrons. The number of ether oxygens (including phenoxy) is 1. The molecule has 1 saturated heterocycles. The van der Waals surface area contributed by atoms with E-state index in [4.69, 9.17) is 14.5 Å². The zero-order chi connectivity index (χ0) is 18.1. The smallest absolute Gasteiger partial charge is 0.210 e. The van der Waals surface area contributed by atoms with Crippen molar-refractivity contribution < 1.29 is 18.9 Å². The van der Waals surface area contributed by atoms with E-state index in [1.165, 1.54) is 44.2 Å². The van der Waals surface area contributed by atoms with Gasteiger partial charge >= 0.3 is 0 Å². The molecule has 1 aromatic rings. The molecule has 4 bridgehead atoms. The Morgan fingerprint density at radius 2 is 1.48 bits per heavy atom. The van der Waals surface area contributed by atoms with Crippen LogP contribution in [0.5, 0.6) is 0 Å². The fourth-order valence-electron chi connectivity index (χ4n) is 6.78. The minimum Gasteiger partial charge on any atom is -0.382 e. The van der Waals surface area contributed by atoms with Crippen LogP contribution in [0.2, 0.25) is 0 Å². The summed E-state index contributed by atoms with van der Waals surface area (Å²) in [6.07, 6.45) is 10.1. The molecule has 0 atom stereocenters. The first-order valence-corrected chi connectivity index (χ1v) is 10.7. The molecular formula is C22H28FNO3. The Morgan fingerprint density at radius 3 is 2.11 bits per heavy atom. The molecule has 0 aromatic heterocycles. The maximum absolute atomic E-state index is 13.1. The average molecular weight is 373 g/mol. The predicted octanol–water partition coefficient (Wildman–Crippen LogP) is 5.01. The fourth-order valence-corrected chi connectivity index (χ4v) is 6.78. The number of nitrogens with one attached hydrogen (secondary N) is 1. The highest BCUT2D eigenvalue weighted by Gasteiger charge is 2.66. The normalized spacial score (nSPS) is 47.8. The zero-order valence-electron chi connectivity index (χ0n) is 15.7. The summed E-state index contributed by atoms with van der Waals surface area (Å²) in [5.74, 6) is 1.58. The van der Waals surface area contributed by atoms with Crippen molar-refractivity contribution in [2.45, 2.75) is 75.4 Å². The highest BCUT2D eigenvalue weighted by molar-refractivity contribution is 5.43. The van der Waals surface area contributed by atoms with Crippen LogP contribution in [0.3, 0.4) is 0 Å². The van der Waals surface area contributed by atoms with Crippen LogP contribution in [0.25, 0.3) is 0 Å². The van der Waals surface area contributed by atoms with Gasteiger partial charge in [-0.2, -0.15) is 9.78 Å². The van der Waals surface area contributed by atoms with Crippen LogP contribution < -0.4 is 5.32 Å². The number of hydrogen-bond donors (Lipinski definition) is 1. The van der Waals surface area contributed by atoms with E-state index in [0.717, 1.165) is 43.2 Å². The van der Waals surface area contributed by atoms with Crippen molar-refractivity contribution >= 4 is 5.69 Å². The molecule has 4 nitrogen and oxygen atoms in total. The van der Waals surface area contributed by atoms with E-state index in [2.05, 4.69) is 5.32 Å². The number of hydrogen-bond acceptors (Lipinski definition) is 4. The zero-order valence-corrected chi connectivity index (χ0v) is 15.7. The molecule has 2 spiro atoms. The second-order valence-electron chi connectivity index (χ2n) is 9.63. The highest BCUT2D eigenvalue weighted by atomic mass is 19.1. The minimum atomic E-state index is -0.559. The standard InChI is InChI=1S/C22H28FNO3/c23-18-1-3-19(4-2-18)24-20-5-7-21(8-6-20)25-22(27-26-21)16-10-14-9-15(12-16)13-17(22)11-14/h1-4,14-17,20,24H,5-13H2. The first kappa shape index (κ1) is 16.8. The Kier molecular flexibility index (Phi) is 3.67. The lowest BCUT2D eigenvalue weighted by Crippen LogP contribution is -2.59. The molecule has 1 aliphatic heterocycles. The maximum Gasteiger partial charge on any atom is 0.210 e. The van der Waals surface area contributed by atoms with Crippen molar-refractivity contribution in [2.24, 2.45) is 23.7 Å².